The van der Waals surface area contributed by atoms with Crippen molar-refractivity contribution in [3.05, 3.63) is 135 Å². The zero-order chi connectivity index (χ0) is 43.1. The van der Waals surface area contributed by atoms with Gasteiger partial charge in [0.1, 0.15) is 26.2 Å². The number of ketones is 2. The molecule has 0 amide bonds. The fourth-order valence-corrected chi connectivity index (χ4v) is 8.31. The van der Waals surface area contributed by atoms with Gasteiger partial charge in [-0.3, -0.25) is 34.1 Å². The summed E-state index contributed by atoms with van der Waals surface area (Å²) in [5, 5.41) is 21.9. The topological polar surface area (TPSA) is 288 Å². The van der Waals surface area contributed by atoms with Crippen molar-refractivity contribution in [1.82, 2.24) is 0 Å². The summed E-state index contributed by atoms with van der Waals surface area (Å²) >= 11 is 0. The molecule has 0 aromatic heterocycles. The summed E-state index contributed by atoms with van der Waals surface area (Å²) in [6, 6.07) is 25.7. The van der Waals surface area contributed by atoms with Gasteiger partial charge in [0.15, 0.2) is 11.4 Å². The summed E-state index contributed by atoms with van der Waals surface area (Å²) in [4.78, 5) is 24.4. The first-order chi connectivity index (χ1) is 28.3. The quantitative estimate of drug-likeness (QED) is 0.0298. The van der Waals surface area contributed by atoms with E-state index in [1.165, 1.54) is 49.6 Å². The molecule has 0 spiro atoms. The number of anilines is 4. The Morgan fingerprint density at radius 1 is 0.578 bits per heavy atom. The number of phenols is 1. The number of hydrogen-bond donors (Lipinski definition) is 7. The molecule has 7 N–H and O–H groups in total. The van der Waals surface area contributed by atoms with Gasteiger partial charge in [0, 0.05) is 34.0 Å². The van der Waals surface area contributed by atoms with Crippen molar-refractivity contribution in [3.8, 4) is 22.6 Å². The number of rotatable bonds is 11. The number of benzene rings is 5. The van der Waals surface area contributed by atoms with Crippen molar-refractivity contribution in [2.75, 3.05) is 23.3 Å². The van der Waals surface area contributed by atoms with Crippen LogP contribution in [-0.2, 0) is 47.4 Å². The van der Waals surface area contributed by atoms with E-state index in [2.05, 4.69) is 26.4 Å². The van der Waals surface area contributed by atoms with Gasteiger partial charge in [0.05, 0.1) is 24.0 Å². The van der Waals surface area contributed by atoms with Crippen LogP contribution < -0.4 is 110 Å². The number of methoxy groups -OCH3 is 1. The largest absolute Gasteiger partial charge is 1.00 e. The number of hydrazone groups is 2. The minimum absolute atomic E-state index is 0. The Morgan fingerprint density at radius 2 is 1.14 bits per heavy atom. The van der Waals surface area contributed by atoms with Crippen LogP contribution in [0.2, 0.25) is 0 Å². The number of nitrogens with one attached hydrogen (secondary N) is 3. The number of hydrogen-bond acceptors (Lipinski definition) is 15. The van der Waals surface area contributed by atoms with Crippen LogP contribution in [0.5, 0.6) is 11.5 Å². The van der Waals surface area contributed by atoms with Gasteiger partial charge >= 0.3 is 88.7 Å². The normalized spacial score (nSPS) is 14.5. The molecule has 7 rings (SSSR count). The second-order valence-corrected chi connectivity index (χ2v) is 17.1. The molecule has 5 aromatic rings. The third-order valence-corrected chi connectivity index (χ3v) is 11.7. The predicted molar refractivity (Wildman–Crippen MR) is 222 cm³/mol. The number of allylic oxidation sites excluding steroid dienone is 2. The predicted octanol–water partition coefficient (Wildman–Crippen LogP) is -3.15. The molecule has 0 unspecified atom stereocenters. The summed E-state index contributed by atoms with van der Waals surface area (Å²) in [7, 11) is -13.7. The third kappa shape index (κ3) is 11.9. The Labute approximate surface area is 443 Å². The van der Waals surface area contributed by atoms with Gasteiger partial charge in [0.25, 0.3) is 30.4 Å². The molecule has 0 fully saturated rings. The Kier molecular flexibility index (Phi) is 18.7. The van der Waals surface area contributed by atoms with Crippen molar-refractivity contribution >= 4 is 88.2 Å². The molecular formula is C39H29CuN5Na3O13S3+3. The molecular weight excluding hydrogens is 975 g/mol. The Morgan fingerprint density at radius 3 is 1.72 bits per heavy atom. The number of fused-ring (bicyclic) bond motifs is 2. The van der Waals surface area contributed by atoms with Crippen molar-refractivity contribution in [1.29, 1.82) is 0 Å². The van der Waals surface area contributed by atoms with Gasteiger partial charge in [-0.25, -0.2) is 0 Å². The SMILES string of the molecule is COc1cc(-c2ccc(NN=C3C(=O)c4c(cccc4S(=O)(=O)O)C=C3S(=O)(=O)O)c(O)c2)ccc1N/N=C1/C(=O)c2ccc(Nc3ccccc3)cc2C=C1S(=O)(=O)O.[Cu].[Na+].[Na+].[Na+]. The van der Waals surface area contributed by atoms with E-state index in [0.717, 1.165) is 30.0 Å². The van der Waals surface area contributed by atoms with E-state index >= 15 is 0 Å². The van der Waals surface area contributed by atoms with E-state index in [4.69, 9.17) is 4.74 Å². The van der Waals surface area contributed by atoms with Gasteiger partial charge < -0.3 is 15.2 Å². The van der Waals surface area contributed by atoms with E-state index < -0.39 is 79.4 Å². The minimum Gasteiger partial charge on any atom is -0.506 e. The average molecular weight is 1000 g/mol. The number of phenolic OH excluding ortho intramolecular Hbond substituents is 1. The van der Waals surface area contributed by atoms with Crippen LogP contribution >= 0.6 is 0 Å². The number of aromatic hydroxyl groups is 1. The molecule has 2 aliphatic rings. The Hall–Kier alpha value is -3.49. The van der Waals surface area contributed by atoms with Crippen molar-refractivity contribution < 1.29 is 164 Å². The van der Waals surface area contributed by atoms with E-state index in [0.29, 0.717) is 16.8 Å². The first-order valence-electron chi connectivity index (χ1n) is 17.1. The second kappa shape index (κ2) is 21.9. The number of para-hydroxylation sites is 1. The molecule has 0 bridgehead atoms. The van der Waals surface area contributed by atoms with Crippen LogP contribution in [0, 0.1) is 0 Å². The molecule has 0 atom stereocenters. The maximum Gasteiger partial charge on any atom is 1.00 e. The van der Waals surface area contributed by atoms with Gasteiger partial charge in [-0.15, -0.1) is 0 Å². The van der Waals surface area contributed by atoms with E-state index in [1.807, 2.05) is 30.3 Å². The van der Waals surface area contributed by atoms with Crippen molar-refractivity contribution in [3.63, 3.8) is 0 Å². The molecule has 0 aliphatic heterocycles. The first kappa shape index (κ1) is 54.8. The van der Waals surface area contributed by atoms with E-state index in [9.17, 15) is 53.6 Å². The molecule has 25 heteroatoms. The van der Waals surface area contributed by atoms with Crippen LogP contribution in [0.3, 0.4) is 0 Å². The summed E-state index contributed by atoms with van der Waals surface area (Å²) in [6.45, 7) is 0. The van der Waals surface area contributed by atoms with Crippen LogP contribution in [0.15, 0.2) is 128 Å². The zero-order valence-electron chi connectivity index (χ0n) is 33.9. The summed E-state index contributed by atoms with van der Waals surface area (Å²) in [5.41, 5.74) is 5.13. The van der Waals surface area contributed by atoms with Gasteiger partial charge in [-0.05, 0) is 95.1 Å². The van der Waals surface area contributed by atoms with Crippen molar-refractivity contribution in [2.45, 2.75) is 4.90 Å². The van der Waals surface area contributed by atoms with Gasteiger partial charge in [0.2, 0.25) is 11.6 Å². The molecule has 64 heavy (non-hydrogen) atoms. The van der Waals surface area contributed by atoms with Gasteiger partial charge in [-0.1, -0.05) is 42.5 Å². The molecule has 317 valence electrons. The van der Waals surface area contributed by atoms with Crippen molar-refractivity contribution in [2.24, 2.45) is 10.2 Å². The molecule has 18 nitrogen and oxygen atoms in total. The standard InChI is InChI=1S/C39H29N5O13S3.Cu.3Na/c1-57-31-18-22(11-15-29(31)42-43-36-34(60(54,55)56)20-24-16-26(12-13-27(24)38(36)46)40-25-7-3-2-4-8-25)21-10-14-28(30(45)17-21)41-44-37-33(59(51,52)53)19-23-6-5-9-32(58(48,49)50)35(23)39(37)47;;;;/h2-20,40-42,45H,1H3,(H,48,49,50)(H,51,52,53)(H,54,55,56);;;;/q;;3*+1/b43-36+,44-37?;;;;. The summed E-state index contributed by atoms with van der Waals surface area (Å²) < 4.78 is 108. The van der Waals surface area contributed by atoms with Crippen LogP contribution in [0.4, 0.5) is 22.7 Å². The summed E-state index contributed by atoms with van der Waals surface area (Å²) in [5.74, 6) is -2.37. The van der Waals surface area contributed by atoms with Crippen LogP contribution in [0.1, 0.15) is 31.8 Å². The number of Topliss-reactive ketones (excluding diaryl/α,β-unsaturated/α-hetero) is 2. The fraction of sp³-hybridized carbons (Fsp3) is 0.0256. The monoisotopic (exact) mass is 1000 g/mol. The van der Waals surface area contributed by atoms with Crippen LogP contribution in [-0.4, -0.2) is 74.1 Å². The number of carbonyl (C=O) groups is 2. The third-order valence-electron chi connectivity index (χ3n) is 9.06. The molecule has 5 aromatic carbocycles. The van der Waals surface area contributed by atoms with Gasteiger partial charge in [-0.2, -0.15) is 35.5 Å². The first-order valence-corrected chi connectivity index (χ1v) is 21.4. The smallest absolute Gasteiger partial charge is 0.506 e. The number of nitrogens with zero attached hydrogens (tertiary/aromatic N) is 2. The molecule has 0 saturated carbocycles. The van der Waals surface area contributed by atoms with E-state index in [1.54, 1.807) is 18.2 Å². The Balaban J connectivity index is 0.00000272. The minimum atomic E-state index is -5.10. The zero-order valence-corrected chi connectivity index (χ0v) is 43.2. The van der Waals surface area contributed by atoms with E-state index in [-0.39, 0.29) is 140 Å². The molecule has 2 aliphatic carbocycles. The maximum absolute atomic E-state index is 13.6. The fourth-order valence-electron chi connectivity index (χ4n) is 6.28. The molecule has 1 radical (unpaired) electrons. The molecule has 0 saturated heterocycles. The second-order valence-electron chi connectivity index (χ2n) is 12.9. The number of ether oxygens (including phenoxy) is 1. The number of carbonyl (C=O) groups excluding carboxylic acids is 2. The molecule has 0 heterocycles. The van der Waals surface area contributed by atoms with Crippen LogP contribution in [0.25, 0.3) is 23.3 Å². The summed E-state index contributed by atoms with van der Waals surface area (Å²) in [6.07, 6.45) is 1.94. The maximum atomic E-state index is 13.6. The Bertz CT molecular complexity index is 3150. The average Bonchev–Trinajstić information content (AvgIpc) is 3.19.